The minimum atomic E-state index is 0.0930. The van der Waals surface area contributed by atoms with Gasteiger partial charge in [0.25, 0.3) is 0 Å². The highest BCUT2D eigenvalue weighted by Crippen LogP contribution is 2.18. The summed E-state index contributed by atoms with van der Waals surface area (Å²) in [5, 5.41) is 0. The van der Waals surface area contributed by atoms with E-state index in [2.05, 4.69) is 29.2 Å². The Morgan fingerprint density at radius 2 is 1.74 bits per heavy atom. The quantitative estimate of drug-likeness (QED) is 0.896. The van der Waals surface area contributed by atoms with Gasteiger partial charge in [0.2, 0.25) is 5.91 Å². The van der Waals surface area contributed by atoms with Crippen LogP contribution >= 0.6 is 0 Å². The van der Waals surface area contributed by atoms with Gasteiger partial charge >= 0.3 is 0 Å². The fourth-order valence-corrected chi connectivity index (χ4v) is 2.39. The molecule has 0 aliphatic carbocycles. The second kappa shape index (κ2) is 6.06. The Bertz CT molecular complexity index is 420. The molecule has 1 aliphatic heterocycles. The summed E-state index contributed by atoms with van der Waals surface area (Å²) in [6, 6.07) is 8.37. The fourth-order valence-electron chi connectivity index (χ4n) is 2.39. The molecule has 0 spiro atoms. The van der Waals surface area contributed by atoms with E-state index < -0.39 is 0 Å². The third-order valence-electron chi connectivity index (χ3n) is 3.62. The standard InChI is InChI=1S/C15H23N3O/c1-12(2)15(19)18-9-7-17(8-10-18)14-5-3-13(11-16)4-6-14/h3-6,12H,7-11,16H2,1-2H3. The van der Waals surface area contributed by atoms with Crippen LogP contribution in [0.25, 0.3) is 0 Å². The molecule has 0 bridgehead atoms. The zero-order valence-electron chi connectivity index (χ0n) is 11.8. The van der Waals surface area contributed by atoms with E-state index in [-0.39, 0.29) is 11.8 Å². The second-order valence-electron chi connectivity index (χ2n) is 5.34. The number of nitrogens with zero attached hydrogens (tertiary/aromatic N) is 2. The molecule has 1 fully saturated rings. The Balaban J connectivity index is 1.94. The molecular weight excluding hydrogens is 238 g/mol. The first-order valence-corrected chi connectivity index (χ1v) is 6.94. The van der Waals surface area contributed by atoms with Crippen molar-refractivity contribution in [3.05, 3.63) is 29.8 Å². The van der Waals surface area contributed by atoms with Crippen molar-refractivity contribution >= 4 is 11.6 Å². The van der Waals surface area contributed by atoms with Gasteiger partial charge in [-0.2, -0.15) is 0 Å². The molecule has 104 valence electrons. The van der Waals surface area contributed by atoms with Crippen molar-refractivity contribution in [1.82, 2.24) is 4.90 Å². The van der Waals surface area contributed by atoms with E-state index >= 15 is 0 Å². The lowest BCUT2D eigenvalue weighted by atomic mass is 10.1. The third-order valence-corrected chi connectivity index (χ3v) is 3.62. The number of hydrogen-bond donors (Lipinski definition) is 1. The SMILES string of the molecule is CC(C)C(=O)N1CCN(c2ccc(CN)cc2)CC1. The molecule has 0 radical (unpaired) electrons. The molecule has 2 rings (SSSR count). The van der Waals surface area contributed by atoms with Crippen LogP contribution in [0.1, 0.15) is 19.4 Å². The molecule has 1 amide bonds. The summed E-state index contributed by atoms with van der Waals surface area (Å²) < 4.78 is 0. The number of amides is 1. The summed E-state index contributed by atoms with van der Waals surface area (Å²) in [5.74, 6) is 0.355. The summed E-state index contributed by atoms with van der Waals surface area (Å²) >= 11 is 0. The normalized spacial score (nSPS) is 16.0. The molecule has 0 atom stereocenters. The molecule has 1 heterocycles. The Kier molecular flexibility index (Phi) is 4.43. The van der Waals surface area contributed by atoms with Gasteiger partial charge in [-0.3, -0.25) is 4.79 Å². The lowest BCUT2D eigenvalue weighted by Gasteiger charge is -2.37. The number of carbonyl (C=O) groups excluding carboxylic acids is 1. The summed E-state index contributed by atoms with van der Waals surface area (Å²) in [5.41, 5.74) is 7.97. The van der Waals surface area contributed by atoms with Crippen molar-refractivity contribution in [1.29, 1.82) is 0 Å². The maximum atomic E-state index is 11.9. The van der Waals surface area contributed by atoms with Crippen LogP contribution in [0.5, 0.6) is 0 Å². The topological polar surface area (TPSA) is 49.6 Å². The average molecular weight is 261 g/mol. The molecule has 0 saturated carbocycles. The minimum absolute atomic E-state index is 0.0930. The summed E-state index contributed by atoms with van der Waals surface area (Å²) in [6.45, 7) is 7.93. The molecule has 1 aliphatic rings. The van der Waals surface area contributed by atoms with Crippen LogP contribution in [0.2, 0.25) is 0 Å². The maximum Gasteiger partial charge on any atom is 0.225 e. The van der Waals surface area contributed by atoms with E-state index in [1.54, 1.807) is 0 Å². The Labute approximate surface area is 115 Å². The zero-order chi connectivity index (χ0) is 13.8. The highest BCUT2D eigenvalue weighted by Gasteiger charge is 2.22. The number of piperazine rings is 1. The van der Waals surface area contributed by atoms with Crippen molar-refractivity contribution in [3.8, 4) is 0 Å². The van der Waals surface area contributed by atoms with Gasteiger partial charge in [-0.05, 0) is 17.7 Å². The lowest BCUT2D eigenvalue weighted by molar-refractivity contribution is -0.134. The monoisotopic (exact) mass is 261 g/mol. The van der Waals surface area contributed by atoms with Crippen molar-refractivity contribution in [2.45, 2.75) is 20.4 Å². The van der Waals surface area contributed by atoms with E-state index in [4.69, 9.17) is 5.73 Å². The molecule has 1 aromatic carbocycles. The first-order chi connectivity index (χ1) is 9.11. The number of anilines is 1. The molecule has 4 nitrogen and oxygen atoms in total. The van der Waals surface area contributed by atoms with Crippen molar-refractivity contribution < 1.29 is 4.79 Å². The van der Waals surface area contributed by atoms with Gasteiger partial charge in [-0.25, -0.2) is 0 Å². The summed E-state index contributed by atoms with van der Waals surface area (Å²) in [7, 11) is 0. The van der Waals surface area contributed by atoms with E-state index in [9.17, 15) is 4.79 Å². The Morgan fingerprint density at radius 3 is 2.21 bits per heavy atom. The van der Waals surface area contributed by atoms with Gasteiger partial charge in [0, 0.05) is 44.3 Å². The molecule has 4 heteroatoms. The van der Waals surface area contributed by atoms with E-state index in [1.807, 2.05) is 18.7 Å². The molecule has 1 aromatic rings. The van der Waals surface area contributed by atoms with Gasteiger partial charge in [-0.15, -0.1) is 0 Å². The Morgan fingerprint density at radius 1 is 1.16 bits per heavy atom. The second-order valence-corrected chi connectivity index (χ2v) is 5.34. The van der Waals surface area contributed by atoms with Gasteiger partial charge in [0.05, 0.1) is 0 Å². The maximum absolute atomic E-state index is 11.9. The number of benzene rings is 1. The van der Waals surface area contributed by atoms with Crippen LogP contribution in [0.15, 0.2) is 24.3 Å². The highest BCUT2D eigenvalue weighted by molar-refractivity contribution is 5.78. The highest BCUT2D eigenvalue weighted by atomic mass is 16.2. The van der Waals surface area contributed by atoms with Crippen LogP contribution in [0.3, 0.4) is 0 Å². The zero-order valence-corrected chi connectivity index (χ0v) is 11.8. The summed E-state index contributed by atoms with van der Waals surface area (Å²) in [6.07, 6.45) is 0. The van der Waals surface area contributed by atoms with Crippen LogP contribution < -0.4 is 10.6 Å². The smallest absolute Gasteiger partial charge is 0.225 e. The van der Waals surface area contributed by atoms with E-state index in [1.165, 1.54) is 5.69 Å². The van der Waals surface area contributed by atoms with Crippen LogP contribution in [-0.4, -0.2) is 37.0 Å². The van der Waals surface area contributed by atoms with Crippen molar-refractivity contribution in [2.24, 2.45) is 11.7 Å². The van der Waals surface area contributed by atoms with Gasteiger partial charge in [-0.1, -0.05) is 26.0 Å². The first kappa shape index (κ1) is 13.9. The largest absolute Gasteiger partial charge is 0.368 e. The molecule has 0 aromatic heterocycles. The predicted molar refractivity (Wildman–Crippen MR) is 78.0 cm³/mol. The Hall–Kier alpha value is -1.55. The van der Waals surface area contributed by atoms with Crippen LogP contribution in [-0.2, 0) is 11.3 Å². The number of carbonyl (C=O) groups is 1. The van der Waals surface area contributed by atoms with E-state index in [0.29, 0.717) is 6.54 Å². The van der Waals surface area contributed by atoms with Crippen LogP contribution in [0.4, 0.5) is 5.69 Å². The van der Waals surface area contributed by atoms with Gasteiger partial charge < -0.3 is 15.5 Å². The number of nitrogens with two attached hydrogens (primary N) is 1. The first-order valence-electron chi connectivity index (χ1n) is 6.94. The van der Waals surface area contributed by atoms with Gasteiger partial charge in [0.1, 0.15) is 0 Å². The van der Waals surface area contributed by atoms with Gasteiger partial charge in [0.15, 0.2) is 0 Å². The fraction of sp³-hybridized carbons (Fsp3) is 0.533. The average Bonchev–Trinajstić information content (AvgIpc) is 2.46. The number of hydrogen-bond acceptors (Lipinski definition) is 3. The predicted octanol–water partition coefficient (Wildman–Crippen LogP) is 1.45. The summed E-state index contributed by atoms with van der Waals surface area (Å²) in [4.78, 5) is 16.2. The molecule has 1 saturated heterocycles. The lowest BCUT2D eigenvalue weighted by Crippen LogP contribution is -2.49. The van der Waals surface area contributed by atoms with Crippen molar-refractivity contribution in [3.63, 3.8) is 0 Å². The molecule has 19 heavy (non-hydrogen) atoms. The number of rotatable bonds is 3. The van der Waals surface area contributed by atoms with E-state index in [0.717, 1.165) is 31.7 Å². The molecule has 2 N–H and O–H groups in total. The third kappa shape index (κ3) is 3.26. The van der Waals surface area contributed by atoms with Crippen LogP contribution in [0, 0.1) is 5.92 Å². The van der Waals surface area contributed by atoms with Crippen molar-refractivity contribution in [2.75, 3.05) is 31.1 Å². The molecular formula is C15H23N3O. The minimum Gasteiger partial charge on any atom is -0.368 e. The molecule has 0 unspecified atom stereocenters.